The lowest BCUT2D eigenvalue weighted by Gasteiger charge is -2.35. The maximum Gasteiger partial charge on any atom is 0.223 e. The van der Waals surface area contributed by atoms with Crippen molar-refractivity contribution in [3.8, 4) is 0 Å². The number of fused-ring (bicyclic) bond motifs is 1. The van der Waals surface area contributed by atoms with Gasteiger partial charge in [0.1, 0.15) is 23.6 Å². The molecule has 0 saturated carbocycles. The average molecular weight is 521 g/mol. The number of nitrogens with one attached hydrogen (secondary N) is 1. The number of hydrogen-bond donors (Lipinski definition) is 3. The zero-order valence-electron chi connectivity index (χ0n) is 22.5. The molecule has 206 valence electrons. The number of Topliss-reactive ketones (excluding diaryl/α,β-unsaturated/α-hetero) is 1. The summed E-state index contributed by atoms with van der Waals surface area (Å²) < 4.78 is 26.4. The Kier molecular flexibility index (Phi) is 9.14. The van der Waals surface area contributed by atoms with Gasteiger partial charge in [0.2, 0.25) is 5.91 Å². The minimum atomic E-state index is -1.34. The standard InChI is InChI=1S/C28H41FN2O6/c1-7-9-19-25(34)16(2)10-8-11-28(6)23(37-28)13-21(20(29)12-18-15-36-17(3)30-18)31-24(33)14-22(32)27(4,5)26(19)35/h7,12,15-16,19,21-23,25,32,34H,1,8-11,13-14H2,2-6H3,(H,31,33). The molecule has 7 atom stereocenters. The third-order valence-corrected chi connectivity index (χ3v) is 8.01. The van der Waals surface area contributed by atoms with Gasteiger partial charge in [-0.3, -0.25) is 9.59 Å². The molecule has 2 aliphatic rings. The Bertz CT molecular complexity index is 1020. The van der Waals surface area contributed by atoms with Crippen molar-refractivity contribution in [2.24, 2.45) is 17.3 Å². The summed E-state index contributed by atoms with van der Waals surface area (Å²) in [5.74, 6) is -2.07. The van der Waals surface area contributed by atoms with Gasteiger partial charge in [0, 0.05) is 25.3 Å². The van der Waals surface area contributed by atoms with Gasteiger partial charge in [-0.15, -0.1) is 6.58 Å². The Labute approximate surface area is 218 Å². The van der Waals surface area contributed by atoms with Gasteiger partial charge in [-0.05, 0) is 32.1 Å². The third kappa shape index (κ3) is 6.94. The van der Waals surface area contributed by atoms with Crippen molar-refractivity contribution in [1.82, 2.24) is 10.3 Å². The van der Waals surface area contributed by atoms with Crippen LogP contribution in [-0.4, -0.2) is 56.8 Å². The molecule has 2 aliphatic heterocycles. The SMILES string of the molecule is C=CCC1C(=O)C(C)(C)C(O)CC(=O)NC(C(F)=Cc2coc(C)n2)CC2OC2(C)CCCC(C)C1O. The molecule has 1 aromatic rings. The zero-order valence-corrected chi connectivity index (χ0v) is 22.5. The predicted octanol–water partition coefficient (Wildman–Crippen LogP) is 4.05. The van der Waals surface area contributed by atoms with Crippen molar-refractivity contribution in [1.29, 1.82) is 0 Å². The number of aryl methyl sites for hydroxylation is 1. The highest BCUT2D eigenvalue weighted by Crippen LogP contribution is 2.44. The predicted molar refractivity (Wildman–Crippen MR) is 137 cm³/mol. The number of halogens is 1. The first-order chi connectivity index (χ1) is 17.3. The highest BCUT2D eigenvalue weighted by atomic mass is 19.1. The van der Waals surface area contributed by atoms with Gasteiger partial charge >= 0.3 is 0 Å². The van der Waals surface area contributed by atoms with Crippen LogP contribution in [0.5, 0.6) is 0 Å². The number of rotatable bonds is 4. The van der Waals surface area contributed by atoms with Gasteiger partial charge in [0.15, 0.2) is 5.89 Å². The number of oxazole rings is 1. The van der Waals surface area contributed by atoms with E-state index >= 15 is 4.39 Å². The summed E-state index contributed by atoms with van der Waals surface area (Å²) in [4.78, 5) is 30.6. The van der Waals surface area contributed by atoms with Crippen molar-refractivity contribution in [2.45, 2.75) is 103 Å². The van der Waals surface area contributed by atoms with Crippen LogP contribution in [0.1, 0.15) is 77.8 Å². The molecule has 0 aromatic carbocycles. The Morgan fingerprint density at radius 2 is 2.03 bits per heavy atom. The van der Waals surface area contributed by atoms with Gasteiger partial charge in [-0.2, -0.15) is 0 Å². The number of allylic oxidation sites excluding steroid dienone is 1. The molecule has 8 nitrogen and oxygen atoms in total. The molecule has 3 N–H and O–H groups in total. The highest BCUT2D eigenvalue weighted by molar-refractivity contribution is 5.88. The lowest BCUT2D eigenvalue weighted by molar-refractivity contribution is -0.144. The Morgan fingerprint density at radius 1 is 1.32 bits per heavy atom. The first kappa shape index (κ1) is 29.2. The number of aliphatic hydroxyl groups is 2. The van der Waals surface area contributed by atoms with Crippen LogP contribution in [0.2, 0.25) is 0 Å². The third-order valence-electron chi connectivity index (χ3n) is 8.01. The van der Waals surface area contributed by atoms with Crippen molar-refractivity contribution in [3.05, 3.63) is 36.3 Å². The maximum atomic E-state index is 15.4. The minimum Gasteiger partial charge on any atom is -0.449 e. The summed E-state index contributed by atoms with van der Waals surface area (Å²) in [6.07, 6.45) is 3.82. The van der Waals surface area contributed by atoms with Gasteiger partial charge < -0.3 is 24.7 Å². The summed E-state index contributed by atoms with van der Waals surface area (Å²) in [7, 11) is 0. The normalized spacial score (nSPS) is 35.9. The summed E-state index contributed by atoms with van der Waals surface area (Å²) in [6.45, 7) is 12.4. The number of carbonyl (C=O) groups is 2. The van der Waals surface area contributed by atoms with Crippen LogP contribution in [0.4, 0.5) is 4.39 Å². The number of aliphatic hydroxyl groups excluding tert-OH is 2. The number of nitrogens with zero attached hydrogens (tertiary/aromatic N) is 1. The van der Waals surface area contributed by atoms with Crippen molar-refractivity contribution < 1.29 is 33.3 Å². The van der Waals surface area contributed by atoms with E-state index in [1.54, 1.807) is 26.8 Å². The molecule has 0 bridgehead atoms. The molecule has 2 fully saturated rings. The molecule has 3 heterocycles. The Hall–Kier alpha value is -2.36. The maximum absolute atomic E-state index is 15.4. The van der Waals surface area contributed by atoms with Crippen LogP contribution in [-0.2, 0) is 14.3 Å². The van der Waals surface area contributed by atoms with Crippen LogP contribution < -0.4 is 5.32 Å². The summed E-state index contributed by atoms with van der Waals surface area (Å²) >= 11 is 0. The lowest BCUT2D eigenvalue weighted by atomic mass is 9.71. The fraction of sp³-hybridized carbons (Fsp3) is 0.679. The topological polar surface area (TPSA) is 125 Å². The molecule has 3 rings (SSSR count). The van der Waals surface area contributed by atoms with E-state index in [9.17, 15) is 19.8 Å². The number of ether oxygens (including phenoxy) is 1. The zero-order chi connectivity index (χ0) is 27.5. The second-order valence-corrected chi connectivity index (χ2v) is 11.4. The summed E-state index contributed by atoms with van der Waals surface area (Å²) in [5.41, 5.74) is -1.49. The molecular weight excluding hydrogens is 479 g/mol. The van der Waals surface area contributed by atoms with Crippen molar-refractivity contribution in [2.75, 3.05) is 0 Å². The largest absolute Gasteiger partial charge is 0.449 e. The quantitative estimate of drug-likeness (QED) is 0.404. The fourth-order valence-electron chi connectivity index (χ4n) is 5.20. The van der Waals surface area contributed by atoms with Gasteiger partial charge in [-0.25, -0.2) is 9.37 Å². The van der Waals surface area contributed by atoms with Gasteiger partial charge in [0.25, 0.3) is 0 Å². The van der Waals surface area contributed by atoms with Crippen LogP contribution in [0.3, 0.4) is 0 Å². The smallest absolute Gasteiger partial charge is 0.223 e. The number of aromatic nitrogens is 1. The van der Waals surface area contributed by atoms with Gasteiger partial charge in [0.05, 0.1) is 41.8 Å². The first-order valence-corrected chi connectivity index (χ1v) is 13.1. The Morgan fingerprint density at radius 3 is 2.65 bits per heavy atom. The van der Waals surface area contributed by atoms with E-state index in [-0.39, 0.29) is 30.6 Å². The van der Waals surface area contributed by atoms with E-state index in [1.165, 1.54) is 12.3 Å². The monoisotopic (exact) mass is 520 g/mol. The number of epoxide rings is 1. The summed E-state index contributed by atoms with van der Waals surface area (Å²) in [5, 5.41) is 24.7. The van der Waals surface area contributed by atoms with Crippen LogP contribution in [0, 0.1) is 24.2 Å². The van der Waals surface area contributed by atoms with E-state index in [1.807, 2.05) is 13.8 Å². The molecule has 37 heavy (non-hydrogen) atoms. The van der Waals surface area contributed by atoms with Crippen LogP contribution in [0.25, 0.3) is 6.08 Å². The van der Waals surface area contributed by atoms with E-state index in [4.69, 9.17) is 9.15 Å². The summed E-state index contributed by atoms with van der Waals surface area (Å²) in [6, 6.07) is -0.996. The Balaban J connectivity index is 1.88. The molecule has 0 aliphatic carbocycles. The number of ketones is 1. The van der Waals surface area contributed by atoms with E-state index in [2.05, 4.69) is 16.9 Å². The fourth-order valence-corrected chi connectivity index (χ4v) is 5.20. The second-order valence-electron chi connectivity index (χ2n) is 11.4. The molecule has 1 aromatic heterocycles. The molecule has 9 heteroatoms. The van der Waals surface area contributed by atoms with Crippen LogP contribution in [0.15, 0.2) is 29.2 Å². The van der Waals surface area contributed by atoms with E-state index in [0.29, 0.717) is 24.4 Å². The second kappa shape index (κ2) is 11.6. The molecule has 1 amide bonds. The van der Waals surface area contributed by atoms with Crippen molar-refractivity contribution in [3.63, 3.8) is 0 Å². The lowest BCUT2D eigenvalue weighted by Crippen LogP contribution is -2.48. The number of carbonyl (C=O) groups excluding carboxylic acids is 2. The highest BCUT2D eigenvalue weighted by Gasteiger charge is 2.53. The minimum absolute atomic E-state index is 0.169. The van der Waals surface area contributed by atoms with Crippen molar-refractivity contribution >= 4 is 17.8 Å². The average Bonchev–Trinajstić information content (AvgIpc) is 3.27. The number of amides is 1. The van der Waals surface area contributed by atoms with Gasteiger partial charge in [-0.1, -0.05) is 33.3 Å². The van der Waals surface area contributed by atoms with Crippen LogP contribution >= 0.6 is 0 Å². The first-order valence-electron chi connectivity index (χ1n) is 13.1. The van der Waals surface area contributed by atoms with E-state index < -0.39 is 53.3 Å². The number of hydrogen-bond acceptors (Lipinski definition) is 7. The molecule has 7 unspecified atom stereocenters. The molecule has 2 saturated heterocycles. The molecular formula is C28H41FN2O6. The molecule has 0 spiro atoms. The van der Waals surface area contributed by atoms with E-state index in [0.717, 1.165) is 6.42 Å². The molecule has 0 radical (unpaired) electrons.